The van der Waals surface area contributed by atoms with E-state index >= 15 is 0 Å². The lowest BCUT2D eigenvalue weighted by Gasteiger charge is -2.06. The fourth-order valence-electron chi connectivity index (χ4n) is 2.15. The molecule has 0 unspecified atom stereocenters. The van der Waals surface area contributed by atoms with Gasteiger partial charge in [-0.3, -0.25) is 9.59 Å². The van der Waals surface area contributed by atoms with Gasteiger partial charge in [0, 0.05) is 12.8 Å². The fraction of sp³-hybridized carbons (Fsp3) is 0.889. The molecule has 0 amide bonds. The van der Waals surface area contributed by atoms with Crippen molar-refractivity contribution in [1.82, 2.24) is 0 Å². The standard InChI is InChI=1S/C18H34O4/c1-3-5-6-7-8-9-10-14-18(20)22-16-12-11-15-21-17(19)13-4-2/h3-16H2,1-2H3. The van der Waals surface area contributed by atoms with Crippen molar-refractivity contribution in [2.45, 2.75) is 90.9 Å². The molecule has 0 aliphatic heterocycles. The van der Waals surface area contributed by atoms with Gasteiger partial charge in [-0.2, -0.15) is 0 Å². The van der Waals surface area contributed by atoms with Crippen LogP contribution >= 0.6 is 0 Å². The Balaban J connectivity index is 3.24. The van der Waals surface area contributed by atoms with E-state index < -0.39 is 0 Å². The van der Waals surface area contributed by atoms with E-state index in [1.54, 1.807) is 0 Å². The summed E-state index contributed by atoms with van der Waals surface area (Å²) in [5.41, 5.74) is 0. The van der Waals surface area contributed by atoms with Gasteiger partial charge in [-0.1, -0.05) is 52.4 Å². The Labute approximate surface area is 135 Å². The normalized spacial score (nSPS) is 10.5. The lowest BCUT2D eigenvalue weighted by atomic mass is 10.1. The van der Waals surface area contributed by atoms with Gasteiger partial charge in [-0.25, -0.2) is 0 Å². The quantitative estimate of drug-likeness (QED) is 0.322. The maximum absolute atomic E-state index is 11.5. The molecule has 0 heterocycles. The van der Waals surface area contributed by atoms with E-state index in [-0.39, 0.29) is 11.9 Å². The number of hydrogen-bond acceptors (Lipinski definition) is 4. The molecule has 0 fully saturated rings. The Morgan fingerprint density at radius 2 is 1.09 bits per heavy atom. The molecule has 0 saturated carbocycles. The van der Waals surface area contributed by atoms with Crippen LogP contribution in [-0.2, 0) is 19.1 Å². The smallest absolute Gasteiger partial charge is 0.305 e. The van der Waals surface area contributed by atoms with Crippen molar-refractivity contribution in [2.24, 2.45) is 0 Å². The summed E-state index contributed by atoms with van der Waals surface area (Å²) in [4.78, 5) is 22.6. The van der Waals surface area contributed by atoms with Gasteiger partial charge in [-0.15, -0.1) is 0 Å². The van der Waals surface area contributed by atoms with Gasteiger partial charge in [0.15, 0.2) is 0 Å². The summed E-state index contributed by atoms with van der Waals surface area (Å²) in [7, 11) is 0. The molecule has 0 rings (SSSR count). The largest absolute Gasteiger partial charge is 0.466 e. The monoisotopic (exact) mass is 314 g/mol. The Morgan fingerprint density at radius 1 is 0.591 bits per heavy atom. The van der Waals surface area contributed by atoms with Crippen LogP contribution in [0.5, 0.6) is 0 Å². The van der Waals surface area contributed by atoms with E-state index in [2.05, 4.69) is 6.92 Å². The van der Waals surface area contributed by atoms with Crippen molar-refractivity contribution in [3.8, 4) is 0 Å². The molecule has 0 radical (unpaired) electrons. The maximum atomic E-state index is 11.5. The van der Waals surface area contributed by atoms with Crippen molar-refractivity contribution in [2.75, 3.05) is 13.2 Å². The number of ether oxygens (including phenoxy) is 2. The summed E-state index contributed by atoms with van der Waals surface area (Å²) in [5, 5.41) is 0. The fourth-order valence-corrected chi connectivity index (χ4v) is 2.15. The highest BCUT2D eigenvalue weighted by Gasteiger charge is 2.03. The predicted octanol–water partition coefficient (Wildman–Crippen LogP) is 4.79. The number of unbranched alkanes of at least 4 members (excludes halogenated alkanes) is 7. The molecule has 0 aromatic heterocycles. The number of rotatable bonds is 15. The minimum absolute atomic E-state index is 0.100. The lowest BCUT2D eigenvalue weighted by Crippen LogP contribution is -2.08. The Morgan fingerprint density at radius 3 is 1.64 bits per heavy atom. The van der Waals surface area contributed by atoms with Crippen LogP contribution in [0.15, 0.2) is 0 Å². The van der Waals surface area contributed by atoms with Crippen LogP contribution in [0, 0.1) is 0 Å². The summed E-state index contributed by atoms with van der Waals surface area (Å²) >= 11 is 0. The Kier molecular flexibility index (Phi) is 15.5. The highest BCUT2D eigenvalue weighted by molar-refractivity contribution is 5.69. The van der Waals surface area contributed by atoms with Gasteiger partial charge in [0.25, 0.3) is 0 Å². The minimum Gasteiger partial charge on any atom is -0.466 e. The molecule has 0 aliphatic carbocycles. The summed E-state index contributed by atoms with van der Waals surface area (Å²) < 4.78 is 10.2. The SMILES string of the molecule is CCCCCCCCCC(=O)OCCCCOC(=O)CCC. The predicted molar refractivity (Wildman–Crippen MR) is 88.7 cm³/mol. The molecule has 0 aromatic carbocycles. The number of esters is 2. The Hall–Kier alpha value is -1.06. The van der Waals surface area contributed by atoms with Gasteiger partial charge >= 0.3 is 11.9 Å². The molecule has 0 aromatic rings. The van der Waals surface area contributed by atoms with E-state index in [4.69, 9.17) is 9.47 Å². The van der Waals surface area contributed by atoms with Crippen LogP contribution in [-0.4, -0.2) is 25.2 Å². The second-order valence-electron chi connectivity index (χ2n) is 5.77. The molecule has 130 valence electrons. The molecule has 0 atom stereocenters. The molecule has 0 aliphatic rings. The van der Waals surface area contributed by atoms with Crippen molar-refractivity contribution < 1.29 is 19.1 Å². The number of carbonyl (C=O) groups is 2. The van der Waals surface area contributed by atoms with E-state index in [1.165, 1.54) is 32.1 Å². The van der Waals surface area contributed by atoms with Gasteiger partial charge in [-0.05, 0) is 25.7 Å². The first-order valence-corrected chi connectivity index (χ1v) is 9.02. The van der Waals surface area contributed by atoms with Gasteiger partial charge in [0.1, 0.15) is 0 Å². The second kappa shape index (κ2) is 16.3. The molecular weight excluding hydrogens is 280 g/mol. The molecule has 0 spiro atoms. The molecular formula is C18H34O4. The third kappa shape index (κ3) is 15.3. The van der Waals surface area contributed by atoms with Crippen LogP contribution in [0.4, 0.5) is 0 Å². The van der Waals surface area contributed by atoms with Gasteiger partial charge < -0.3 is 9.47 Å². The Bertz CT molecular complexity index is 276. The molecule has 0 saturated heterocycles. The van der Waals surface area contributed by atoms with E-state index in [9.17, 15) is 9.59 Å². The topological polar surface area (TPSA) is 52.6 Å². The van der Waals surface area contributed by atoms with Crippen LogP contribution in [0.2, 0.25) is 0 Å². The maximum Gasteiger partial charge on any atom is 0.305 e. The average molecular weight is 314 g/mol. The molecule has 4 heteroatoms. The van der Waals surface area contributed by atoms with Crippen LogP contribution in [0.3, 0.4) is 0 Å². The molecule has 0 bridgehead atoms. The summed E-state index contributed by atoms with van der Waals surface area (Å²) in [6, 6.07) is 0. The lowest BCUT2D eigenvalue weighted by molar-refractivity contribution is -0.146. The number of carbonyl (C=O) groups excluding carboxylic acids is 2. The zero-order chi connectivity index (χ0) is 16.5. The van der Waals surface area contributed by atoms with Gasteiger partial charge in [0.2, 0.25) is 0 Å². The zero-order valence-corrected chi connectivity index (χ0v) is 14.5. The second-order valence-corrected chi connectivity index (χ2v) is 5.77. The van der Waals surface area contributed by atoms with Gasteiger partial charge in [0.05, 0.1) is 13.2 Å². The van der Waals surface area contributed by atoms with E-state index in [1.807, 2.05) is 6.92 Å². The van der Waals surface area contributed by atoms with Crippen molar-refractivity contribution >= 4 is 11.9 Å². The molecule has 4 nitrogen and oxygen atoms in total. The summed E-state index contributed by atoms with van der Waals surface area (Å²) in [5.74, 6) is -0.241. The van der Waals surface area contributed by atoms with Crippen molar-refractivity contribution in [3.05, 3.63) is 0 Å². The van der Waals surface area contributed by atoms with E-state index in [0.717, 1.165) is 32.1 Å². The average Bonchev–Trinajstić information content (AvgIpc) is 2.50. The first-order valence-electron chi connectivity index (χ1n) is 9.02. The van der Waals surface area contributed by atoms with Crippen LogP contribution in [0.25, 0.3) is 0 Å². The third-order valence-corrected chi connectivity index (χ3v) is 3.50. The van der Waals surface area contributed by atoms with Crippen LogP contribution in [0.1, 0.15) is 90.9 Å². The van der Waals surface area contributed by atoms with Crippen molar-refractivity contribution in [1.29, 1.82) is 0 Å². The van der Waals surface area contributed by atoms with E-state index in [0.29, 0.717) is 26.1 Å². The molecule has 22 heavy (non-hydrogen) atoms. The highest BCUT2D eigenvalue weighted by atomic mass is 16.5. The minimum atomic E-state index is -0.140. The number of hydrogen-bond donors (Lipinski definition) is 0. The third-order valence-electron chi connectivity index (χ3n) is 3.50. The molecule has 0 N–H and O–H groups in total. The summed E-state index contributed by atoms with van der Waals surface area (Å²) in [6.07, 6.45) is 11.8. The first-order chi connectivity index (χ1) is 10.7. The van der Waals surface area contributed by atoms with Crippen LogP contribution < -0.4 is 0 Å². The van der Waals surface area contributed by atoms with Crippen molar-refractivity contribution in [3.63, 3.8) is 0 Å². The highest BCUT2D eigenvalue weighted by Crippen LogP contribution is 2.09. The zero-order valence-electron chi connectivity index (χ0n) is 14.5. The first kappa shape index (κ1) is 20.9. The summed E-state index contributed by atoms with van der Waals surface area (Å²) in [6.45, 7) is 5.02.